The van der Waals surface area contributed by atoms with Crippen molar-refractivity contribution in [2.45, 2.75) is 63.5 Å². The van der Waals surface area contributed by atoms with Gasteiger partial charge in [-0.05, 0) is 37.3 Å². The topological polar surface area (TPSA) is 51.1 Å². The Kier molecular flexibility index (Phi) is 5.57. The predicted octanol–water partition coefficient (Wildman–Crippen LogP) is 4.17. The van der Waals surface area contributed by atoms with E-state index in [1.165, 1.54) is 37.7 Å². The Morgan fingerprint density at radius 2 is 2.08 bits per heavy atom. The van der Waals surface area contributed by atoms with E-state index in [2.05, 4.69) is 16.0 Å². The predicted molar refractivity (Wildman–Crippen MR) is 100.0 cm³/mol. The summed E-state index contributed by atoms with van der Waals surface area (Å²) < 4.78 is 10.6. The molecule has 0 N–H and O–H groups in total. The van der Waals surface area contributed by atoms with E-state index in [4.69, 9.17) is 14.1 Å². The molecule has 1 aliphatic heterocycles. The Hall–Kier alpha value is -1.53. The molecule has 134 valence electrons. The maximum atomic E-state index is 5.86. The van der Waals surface area contributed by atoms with Gasteiger partial charge in [-0.2, -0.15) is 4.37 Å². The number of aromatic nitrogens is 3. The number of hydrogen-bond acceptors (Lipinski definition) is 6. The van der Waals surface area contributed by atoms with Gasteiger partial charge in [-0.3, -0.25) is 4.98 Å². The number of ether oxygens (including phenoxy) is 1. The first-order valence-corrected chi connectivity index (χ1v) is 10.2. The summed E-state index contributed by atoms with van der Waals surface area (Å²) >= 11 is 1.54. The van der Waals surface area contributed by atoms with Gasteiger partial charge in [0.05, 0.1) is 6.10 Å². The van der Waals surface area contributed by atoms with Crippen LogP contribution in [-0.4, -0.2) is 33.6 Å². The van der Waals surface area contributed by atoms with Crippen LogP contribution in [-0.2, 0) is 11.3 Å². The lowest BCUT2D eigenvalue weighted by Gasteiger charge is -2.24. The number of rotatable bonds is 6. The highest BCUT2D eigenvalue weighted by atomic mass is 32.1. The van der Waals surface area contributed by atoms with Gasteiger partial charge in [-0.15, -0.1) is 0 Å². The van der Waals surface area contributed by atoms with Gasteiger partial charge in [0, 0.05) is 49.5 Å². The van der Waals surface area contributed by atoms with Crippen molar-refractivity contribution in [1.82, 2.24) is 14.3 Å². The van der Waals surface area contributed by atoms with Crippen molar-refractivity contribution in [1.29, 1.82) is 0 Å². The van der Waals surface area contributed by atoms with Crippen LogP contribution in [0, 0.1) is 0 Å². The minimum atomic E-state index is 0.304. The maximum Gasteiger partial charge on any atom is 0.205 e. The van der Waals surface area contributed by atoms with Gasteiger partial charge in [0.1, 0.15) is 5.82 Å². The third-order valence-electron chi connectivity index (χ3n) is 5.22. The molecule has 0 bridgehead atoms. The van der Waals surface area contributed by atoms with Crippen molar-refractivity contribution in [2.75, 3.05) is 18.1 Å². The summed E-state index contributed by atoms with van der Waals surface area (Å²) in [6.07, 6.45) is 12.8. The number of pyridine rings is 1. The lowest BCUT2D eigenvalue weighted by Crippen LogP contribution is -2.31. The van der Waals surface area contributed by atoms with Crippen LogP contribution >= 0.6 is 11.5 Å². The first-order valence-electron chi connectivity index (χ1n) is 9.47. The monoisotopic (exact) mass is 358 g/mol. The van der Waals surface area contributed by atoms with Crippen molar-refractivity contribution < 1.29 is 4.74 Å². The summed E-state index contributed by atoms with van der Waals surface area (Å²) in [5.74, 6) is 1.62. The van der Waals surface area contributed by atoms with E-state index in [0.717, 1.165) is 43.5 Å². The lowest BCUT2D eigenvalue weighted by atomic mass is 9.89. The van der Waals surface area contributed by atoms with Gasteiger partial charge < -0.3 is 9.64 Å². The van der Waals surface area contributed by atoms with Crippen molar-refractivity contribution in [3.63, 3.8) is 0 Å². The molecule has 2 fully saturated rings. The van der Waals surface area contributed by atoms with Crippen LogP contribution in [0.4, 0.5) is 5.13 Å². The third-order valence-corrected chi connectivity index (χ3v) is 6.01. The molecule has 1 saturated carbocycles. The molecule has 1 unspecified atom stereocenters. The second-order valence-electron chi connectivity index (χ2n) is 7.15. The smallest absolute Gasteiger partial charge is 0.205 e. The van der Waals surface area contributed by atoms with Crippen LogP contribution < -0.4 is 4.90 Å². The van der Waals surface area contributed by atoms with Crippen LogP contribution in [0.3, 0.4) is 0 Å². The summed E-state index contributed by atoms with van der Waals surface area (Å²) in [5.41, 5.74) is 1.20. The minimum absolute atomic E-state index is 0.304. The Labute approximate surface area is 153 Å². The molecule has 0 amide bonds. The van der Waals surface area contributed by atoms with E-state index in [-0.39, 0.29) is 0 Å². The van der Waals surface area contributed by atoms with Gasteiger partial charge in [-0.25, -0.2) is 4.98 Å². The van der Waals surface area contributed by atoms with Gasteiger partial charge >= 0.3 is 0 Å². The highest BCUT2D eigenvalue weighted by Gasteiger charge is 2.24. The highest BCUT2D eigenvalue weighted by Crippen LogP contribution is 2.33. The molecule has 1 aliphatic carbocycles. The molecule has 6 heteroatoms. The zero-order valence-electron chi connectivity index (χ0n) is 14.6. The van der Waals surface area contributed by atoms with Crippen molar-refractivity contribution >= 4 is 16.7 Å². The summed E-state index contributed by atoms with van der Waals surface area (Å²) in [5, 5.41) is 1.03. The van der Waals surface area contributed by atoms with E-state index < -0.39 is 0 Å². The Morgan fingerprint density at radius 1 is 1.16 bits per heavy atom. The minimum Gasteiger partial charge on any atom is -0.376 e. The fraction of sp³-hybridized carbons (Fsp3) is 0.632. The fourth-order valence-electron chi connectivity index (χ4n) is 3.84. The molecule has 1 saturated heterocycles. The molecule has 25 heavy (non-hydrogen) atoms. The van der Waals surface area contributed by atoms with Gasteiger partial charge in [0.25, 0.3) is 0 Å². The number of nitrogens with zero attached hydrogens (tertiary/aromatic N) is 4. The number of anilines is 1. The molecule has 0 aromatic carbocycles. The summed E-state index contributed by atoms with van der Waals surface area (Å²) in [6.45, 7) is 2.58. The molecule has 2 aromatic rings. The van der Waals surface area contributed by atoms with E-state index in [9.17, 15) is 0 Å². The largest absolute Gasteiger partial charge is 0.376 e. The molecule has 3 heterocycles. The Morgan fingerprint density at radius 3 is 2.84 bits per heavy atom. The maximum absolute atomic E-state index is 5.86. The zero-order chi connectivity index (χ0) is 16.9. The van der Waals surface area contributed by atoms with Crippen LogP contribution in [0.5, 0.6) is 0 Å². The Balaban J connectivity index is 1.50. The Bertz CT molecular complexity index is 650. The first-order chi connectivity index (χ1) is 12.4. The summed E-state index contributed by atoms with van der Waals surface area (Å²) in [6, 6.07) is 4.12. The van der Waals surface area contributed by atoms with Gasteiger partial charge in [-0.1, -0.05) is 25.3 Å². The lowest BCUT2D eigenvalue weighted by molar-refractivity contribution is 0.115. The van der Waals surface area contributed by atoms with Crippen LogP contribution in [0.2, 0.25) is 0 Å². The molecule has 2 aromatic heterocycles. The first kappa shape index (κ1) is 16.9. The van der Waals surface area contributed by atoms with E-state index in [1.807, 2.05) is 18.5 Å². The molecule has 0 radical (unpaired) electrons. The van der Waals surface area contributed by atoms with Crippen LogP contribution in [0.25, 0.3) is 0 Å². The second-order valence-corrected chi connectivity index (χ2v) is 7.88. The quantitative estimate of drug-likeness (QED) is 0.776. The van der Waals surface area contributed by atoms with Gasteiger partial charge in [0.2, 0.25) is 5.13 Å². The average molecular weight is 359 g/mol. The van der Waals surface area contributed by atoms with Crippen molar-refractivity contribution in [3.05, 3.63) is 35.9 Å². The van der Waals surface area contributed by atoms with Crippen LogP contribution in [0.15, 0.2) is 24.5 Å². The van der Waals surface area contributed by atoms with Crippen molar-refractivity contribution in [2.24, 2.45) is 0 Å². The van der Waals surface area contributed by atoms with Crippen molar-refractivity contribution in [3.8, 4) is 0 Å². The highest BCUT2D eigenvalue weighted by molar-refractivity contribution is 7.09. The normalized spacial score (nSPS) is 21.5. The standard InChI is InChI=1S/C19H26N4OS/c1-2-7-16(8-3-1)18-21-19(25-22-18)23(14-17-9-5-11-24-17)13-15-6-4-10-20-12-15/h4,6,10,12,16-17H,1-3,5,7-9,11,13-14H2. The molecule has 1 atom stereocenters. The zero-order valence-corrected chi connectivity index (χ0v) is 15.5. The molecule has 4 rings (SSSR count). The summed E-state index contributed by atoms with van der Waals surface area (Å²) in [7, 11) is 0. The molecule has 5 nitrogen and oxygen atoms in total. The van der Waals surface area contributed by atoms with Gasteiger partial charge in [0.15, 0.2) is 0 Å². The average Bonchev–Trinajstić information content (AvgIpc) is 3.35. The molecule has 0 spiro atoms. The van der Waals surface area contributed by atoms with E-state index in [0.29, 0.717) is 12.0 Å². The van der Waals surface area contributed by atoms with Crippen LogP contribution in [0.1, 0.15) is 62.3 Å². The fourth-order valence-corrected chi connectivity index (χ4v) is 4.59. The number of hydrogen-bond donors (Lipinski definition) is 0. The second kappa shape index (κ2) is 8.23. The third kappa shape index (κ3) is 4.36. The SMILES string of the molecule is c1cncc(CN(CC2CCCO2)c2nc(C3CCCCC3)ns2)c1. The van der Waals surface area contributed by atoms with E-state index in [1.54, 1.807) is 11.5 Å². The molecular formula is C19H26N4OS. The molecular weight excluding hydrogens is 332 g/mol. The summed E-state index contributed by atoms with van der Waals surface area (Å²) in [4.78, 5) is 11.5. The molecule has 2 aliphatic rings. The van der Waals surface area contributed by atoms with E-state index >= 15 is 0 Å².